The molecule has 0 unspecified atom stereocenters. The Kier molecular flexibility index (Phi) is 1.84. The predicted molar refractivity (Wildman–Crippen MR) is 30.9 cm³/mol. The van der Waals surface area contributed by atoms with Crippen molar-refractivity contribution in [1.82, 2.24) is 4.98 Å². The van der Waals surface area contributed by atoms with E-state index in [0.29, 0.717) is 0 Å². The molecule has 0 N–H and O–H groups in total. The smallest absolute Gasteiger partial charge is 0.373 e. The molecule has 1 heterocycles. The first-order valence-electron chi connectivity index (χ1n) is 2.59. The van der Waals surface area contributed by atoms with Gasteiger partial charge in [0.05, 0.1) is 0 Å². The van der Waals surface area contributed by atoms with Crippen LogP contribution in [0.25, 0.3) is 0 Å². The number of carbonyl (C=O) groups is 1. The Morgan fingerprint density at radius 3 is 2.80 bits per heavy atom. The molecule has 0 bridgehead atoms. The van der Waals surface area contributed by atoms with Crippen LogP contribution in [0.5, 0.6) is 5.88 Å². The normalized spacial score (nSPS) is 8.80. The van der Waals surface area contributed by atoms with Crippen LogP contribution < -0.4 is 4.74 Å². The average Bonchev–Trinajstić information content (AvgIpc) is 1.88. The summed E-state index contributed by atoms with van der Waals surface area (Å²) in [4.78, 5) is 13.4. The third kappa shape index (κ3) is 1.74. The van der Waals surface area contributed by atoms with Gasteiger partial charge in [0.1, 0.15) is 0 Å². The van der Waals surface area contributed by atoms with Crippen molar-refractivity contribution in [2.75, 3.05) is 0 Å². The van der Waals surface area contributed by atoms with E-state index in [4.69, 9.17) is 0 Å². The van der Waals surface area contributed by atoms with Crippen molar-refractivity contribution < 1.29 is 14.6 Å². The molecule has 4 nitrogen and oxygen atoms in total. The van der Waals surface area contributed by atoms with E-state index in [2.05, 4.69) is 9.72 Å². The van der Waals surface area contributed by atoms with Gasteiger partial charge < -0.3 is 4.74 Å². The van der Waals surface area contributed by atoms with Crippen molar-refractivity contribution in [1.29, 1.82) is 0 Å². The summed E-state index contributed by atoms with van der Waals surface area (Å²) in [6, 6.07) is 4.70. The molecule has 0 aliphatic rings. The van der Waals surface area contributed by atoms with Crippen molar-refractivity contribution in [3.05, 3.63) is 24.4 Å². The average molecular weight is 138 g/mol. The fraction of sp³-hybridized carbons (Fsp3) is 0. The summed E-state index contributed by atoms with van der Waals surface area (Å²) in [5.41, 5.74) is 0. The Bertz CT molecular complexity index is 222. The molecule has 0 saturated heterocycles. The highest BCUT2D eigenvalue weighted by Crippen LogP contribution is 2.02. The molecule has 0 saturated carbocycles. The summed E-state index contributed by atoms with van der Waals surface area (Å²) in [7, 11) is 0. The summed E-state index contributed by atoms with van der Waals surface area (Å²) in [6.45, 7) is 0. The van der Waals surface area contributed by atoms with E-state index in [1.54, 1.807) is 12.1 Å². The SMILES string of the molecule is [O]C(=O)Oc1ccccn1. The molecule has 0 spiro atoms. The van der Waals surface area contributed by atoms with E-state index in [9.17, 15) is 9.90 Å². The van der Waals surface area contributed by atoms with Crippen molar-refractivity contribution in [2.45, 2.75) is 0 Å². The van der Waals surface area contributed by atoms with Crippen LogP contribution in [-0.4, -0.2) is 11.1 Å². The van der Waals surface area contributed by atoms with Gasteiger partial charge >= 0.3 is 6.16 Å². The van der Waals surface area contributed by atoms with Gasteiger partial charge in [-0.15, -0.1) is 0 Å². The van der Waals surface area contributed by atoms with Gasteiger partial charge in [-0.05, 0) is 6.07 Å². The van der Waals surface area contributed by atoms with Gasteiger partial charge in [-0.2, -0.15) is 9.90 Å². The van der Waals surface area contributed by atoms with Crippen molar-refractivity contribution in [2.24, 2.45) is 0 Å². The number of hydrogen-bond donors (Lipinski definition) is 0. The van der Waals surface area contributed by atoms with E-state index in [-0.39, 0.29) is 5.88 Å². The molecule has 0 atom stereocenters. The maximum atomic E-state index is 9.80. The second kappa shape index (κ2) is 2.82. The predicted octanol–water partition coefficient (Wildman–Crippen LogP) is 1.01. The fourth-order valence-corrected chi connectivity index (χ4v) is 0.493. The maximum Gasteiger partial charge on any atom is 0.557 e. The minimum Gasteiger partial charge on any atom is -0.373 e. The van der Waals surface area contributed by atoms with Gasteiger partial charge in [-0.3, -0.25) is 0 Å². The molecule has 0 aliphatic heterocycles. The summed E-state index contributed by atoms with van der Waals surface area (Å²) < 4.78 is 4.11. The Morgan fingerprint density at radius 1 is 1.50 bits per heavy atom. The van der Waals surface area contributed by atoms with Gasteiger partial charge in [0, 0.05) is 12.3 Å². The fourth-order valence-electron chi connectivity index (χ4n) is 0.493. The summed E-state index contributed by atoms with van der Waals surface area (Å²) in [5, 5.41) is 9.80. The molecule has 10 heavy (non-hydrogen) atoms. The van der Waals surface area contributed by atoms with Crippen LogP contribution >= 0.6 is 0 Å². The van der Waals surface area contributed by atoms with Crippen LogP contribution in [0.15, 0.2) is 24.4 Å². The minimum absolute atomic E-state index is 0.0301. The molecule has 1 radical (unpaired) electrons. The number of ether oxygens (including phenoxy) is 1. The molecular formula is C6H4NO3. The number of pyridine rings is 1. The van der Waals surface area contributed by atoms with E-state index < -0.39 is 6.16 Å². The number of carbonyl (C=O) groups excluding carboxylic acids is 1. The second-order valence-corrected chi connectivity index (χ2v) is 1.52. The Balaban J connectivity index is 2.67. The largest absolute Gasteiger partial charge is 0.557 e. The summed E-state index contributed by atoms with van der Waals surface area (Å²) in [6.07, 6.45) is -0.170. The van der Waals surface area contributed by atoms with Gasteiger partial charge in [0.15, 0.2) is 0 Å². The van der Waals surface area contributed by atoms with Crippen LogP contribution in [-0.2, 0) is 5.11 Å². The number of hydrogen-bond acceptors (Lipinski definition) is 3. The zero-order chi connectivity index (χ0) is 7.40. The highest BCUT2D eigenvalue weighted by atomic mass is 16.7. The molecule has 4 heteroatoms. The molecule has 1 rings (SSSR count). The number of aromatic nitrogens is 1. The first kappa shape index (κ1) is 6.54. The lowest BCUT2D eigenvalue weighted by molar-refractivity contribution is 0.115. The maximum absolute atomic E-state index is 9.80. The third-order valence-electron chi connectivity index (χ3n) is 0.826. The third-order valence-corrected chi connectivity index (χ3v) is 0.826. The number of rotatable bonds is 1. The van der Waals surface area contributed by atoms with Crippen LogP contribution in [0, 0.1) is 0 Å². The Morgan fingerprint density at radius 2 is 2.30 bits per heavy atom. The Hall–Kier alpha value is -1.58. The monoisotopic (exact) mass is 138 g/mol. The lowest BCUT2D eigenvalue weighted by Crippen LogP contribution is -2.01. The van der Waals surface area contributed by atoms with Gasteiger partial charge in [0.25, 0.3) is 0 Å². The minimum atomic E-state index is -1.60. The molecule has 0 amide bonds. The van der Waals surface area contributed by atoms with Crippen LogP contribution in [0.1, 0.15) is 0 Å². The summed E-state index contributed by atoms with van der Waals surface area (Å²) in [5.74, 6) is 0.0301. The first-order valence-corrected chi connectivity index (χ1v) is 2.59. The zero-order valence-corrected chi connectivity index (χ0v) is 4.98. The first-order chi connectivity index (χ1) is 4.79. The topological polar surface area (TPSA) is 59.1 Å². The highest BCUT2D eigenvalue weighted by Gasteiger charge is 2.00. The molecule has 0 aromatic carbocycles. The molecular weight excluding hydrogens is 134 g/mol. The van der Waals surface area contributed by atoms with Crippen molar-refractivity contribution in [3.8, 4) is 5.88 Å². The lowest BCUT2D eigenvalue weighted by atomic mass is 10.5. The number of nitrogens with zero attached hydrogens (tertiary/aromatic N) is 1. The molecule has 1 aromatic heterocycles. The van der Waals surface area contributed by atoms with Gasteiger partial charge in [-0.25, -0.2) is 4.98 Å². The van der Waals surface area contributed by atoms with Crippen LogP contribution in [0.2, 0.25) is 0 Å². The molecule has 0 aliphatic carbocycles. The standard InChI is InChI=1S/C6H4NO3/c8-6(9)10-5-3-1-2-4-7-5/h1-4H. The lowest BCUT2D eigenvalue weighted by Gasteiger charge is -1.92. The van der Waals surface area contributed by atoms with Crippen LogP contribution in [0.3, 0.4) is 0 Å². The quantitative estimate of drug-likeness (QED) is 0.544. The van der Waals surface area contributed by atoms with Crippen molar-refractivity contribution >= 4 is 6.16 Å². The Labute approximate surface area is 57.1 Å². The molecule has 51 valence electrons. The van der Waals surface area contributed by atoms with Crippen LogP contribution in [0.4, 0.5) is 4.79 Å². The van der Waals surface area contributed by atoms with E-state index >= 15 is 0 Å². The molecule has 1 aromatic rings. The highest BCUT2D eigenvalue weighted by molar-refractivity contribution is 5.59. The van der Waals surface area contributed by atoms with Gasteiger partial charge in [0.2, 0.25) is 5.88 Å². The van der Waals surface area contributed by atoms with Gasteiger partial charge in [-0.1, -0.05) is 6.07 Å². The molecule has 0 fully saturated rings. The van der Waals surface area contributed by atoms with E-state index in [1.807, 2.05) is 0 Å². The zero-order valence-electron chi connectivity index (χ0n) is 4.98. The summed E-state index contributed by atoms with van der Waals surface area (Å²) >= 11 is 0. The van der Waals surface area contributed by atoms with E-state index in [1.165, 1.54) is 12.3 Å². The van der Waals surface area contributed by atoms with Crippen molar-refractivity contribution in [3.63, 3.8) is 0 Å². The van der Waals surface area contributed by atoms with E-state index in [0.717, 1.165) is 0 Å². The second-order valence-electron chi connectivity index (χ2n) is 1.52.